The highest BCUT2D eigenvalue weighted by molar-refractivity contribution is 7.52. The minimum Gasteiger partial charge on any atom is -0.468 e. The summed E-state index contributed by atoms with van der Waals surface area (Å²) in [4.78, 5) is 49.2. The van der Waals surface area contributed by atoms with Gasteiger partial charge in [0.15, 0.2) is 5.92 Å². The van der Waals surface area contributed by atoms with Crippen molar-refractivity contribution in [2.24, 2.45) is 11.8 Å². The second-order valence-corrected chi connectivity index (χ2v) is 8.96. The van der Waals surface area contributed by atoms with Crippen molar-refractivity contribution in [2.75, 3.05) is 35.5 Å². The third kappa shape index (κ3) is 6.88. The molecule has 0 aliphatic heterocycles. The lowest BCUT2D eigenvalue weighted by Gasteiger charge is -2.27. The Kier molecular flexibility index (Phi) is 10.5. The molecule has 1 aromatic rings. The van der Waals surface area contributed by atoms with E-state index in [0.717, 1.165) is 21.3 Å². The van der Waals surface area contributed by atoms with Gasteiger partial charge in [-0.25, -0.2) is 4.79 Å². The molecule has 0 spiro atoms. The van der Waals surface area contributed by atoms with E-state index in [-0.39, 0.29) is 11.7 Å². The molecule has 1 rings (SSSR count). The average molecular weight is 473 g/mol. The molecule has 2 atom stereocenters. The molecule has 0 heterocycles. The maximum Gasteiger partial charge on any atom is 0.334 e. The van der Waals surface area contributed by atoms with Gasteiger partial charge in [0.05, 0.1) is 27.5 Å². The van der Waals surface area contributed by atoms with E-state index >= 15 is 0 Å². The smallest absolute Gasteiger partial charge is 0.334 e. The third-order valence-corrected chi connectivity index (χ3v) is 6.72. The van der Waals surface area contributed by atoms with Gasteiger partial charge in [-0.2, -0.15) is 0 Å². The van der Waals surface area contributed by atoms with Crippen molar-refractivity contribution >= 4 is 31.4 Å². The van der Waals surface area contributed by atoms with Crippen molar-refractivity contribution in [3.05, 3.63) is 35.4 Å². The predicted molar refractivity (Wildman–Crippen MR) is 112 cm³/mol. The molecule has 12 heteroatoms. The number of carbonyl (C=O) groups excluding carboxylic acids is 4. The molecule has 0 aromatic heterocycles. The maximum absolute atomic E-state index is 12.7. The van der Waals surface area contributed by atoms with E-state index in [1.54, 1.807) is 12.1 Å². The summed E-state index contributed by atoms with van der Waals surface area (Å²) < 4.78 is 36.0. The minimum absolute atomic E-state index is 0.00363. The Morgan fingerprint density at radius 2 is 1.31 bits per heavy atom. The molecule has 0 saturated heterocycles. The van der Waals surface area contributed by atoms with Crippen LogP contribution in [0.4, 0.5) is 0 Å². The van der Waals surface area contributed by atoms with Crippen LogP contribution in [0, 0.1) is 11.8 Å². The Labute approximate surface area is 186 Å². The van der Waals surface area contributed by atoms with Crippen LogP contribution in [0.1, 0.15) is 22.8 Å². The predicted octanol–water partition coefficient (Wildman–Crippen LogP) is 1.54. The summed E-state index contributed by atoms with van der Waals surface area (Å²) in [6.45, 7) is 1.41. The Hall–Kier alpha value is -2.75. The Bertz CT molecular complexity index is 846. The van der Waals surface area contributed by atoms with Crippen LogP contribution in [0.3, 0.4) is 0 Å². The largest absolute Gasteiger partial charge is 0.468 e. The van der Waals surface area contributed by atoms with Crippen LogP contribution in [0.15, 0.2) is 24.3 Å². The van der Waals surface area contributed by atoms with Gasteiger partial charge in [-0.3, -0.25) is 18.9 Å². The van der Waals surface area contributed by atoms with E-state index in [2.05, 4.69) is 14.8 Å². The highest BCUT2D eigenvalue weighted by Gasteiger charge is 2.42. The molecule has 1 amide bonds. The first-order chi connectivity index (χ1) is 15.1. The van der Waals surface area contributed by atoms with Crippen molar-refractivity contribution in [3.8, 4) is 0 Å². The van der Waals surface area contributed by atoms with Gasteiger partial charge in [0, 0.05) is 25.7 Å². The summed E-state index contributed by atoms with van der Waals surface area (Å²) in [7, 11) is 2.55. The maximum atomic E-state index is 12.7. The van der Waals surface area contributed by atoms with Gasteiger partial charge < -0.3 is 28.6 Å². The molecule has 11 nitrogen and oxygen atoms in total. The summed E-state index contributed by atoms with van der Waals surface area (Å²) in [6, 6.07) is 4.68. The first kappa shape index (κ1) is 27.3. The van der Waals surface area contributed by atoms with E-state index < -0.39 is 49.3 Å². The molecule has 1 aromatic carbocycles. The number of hydrogen-bond donors (Lipinski definition) is 1. The first-order valence-corrected chi connectivity index (χ1v) is 11.1. The molecule has 0 bridgehead atoms. The van der Waals surface area contributed by atoms with Crippen molar-refractivity contribution in [1.82, 2.24) is 5.32 Å². The normalized spacial score (nSPS) is 13.1. The number of carbonyl (C=O) groups is 4. The molecule has 0 aliphatic carbocycles. The molecule has 178 valence electrons. The quantitative estimate of drug-likeness (QED) is 0.217. The minimum atomic E-state index is -3.28. The van der Waals surface area contributed by atoms with Crippen LogP contribution in [0.2, 0.25) is 0 Å². The van der Waals surface area contributed by atoms with Gasteiger partial charge in [-0.1, -0.05) is 19.1 Å². The van der Waals surface area contributed by atoms with Gasteiger partial charge in [0.2, 0.25) is 0 Å². The molecule has 0 radical (unpaired) electrons. The van der Waals surface area contributed by atoms with Crippen LogP contribution in [-0.2, 0) is 48.4 Å². The molecule has 0 saturated carbocycles. The second-order valence-electron chi connectivity index (χ2n) is 6.69. The zero-order chi connectivity index (χ0) is 24.5. The van der Waals surface area contributed by atoms with Crippen LogP contribution in [0.25, 0.3) is 0 Å². The fraction of sp³-hybridized carbons (Fsp3) is 0.500. The fourth-order valence-electron chi connectivity index (χ4n) is 2.92. The molecule has 0 fully saturated rings. The summed E-state index contributed by atoms with van der Waals surface area (Å²) in [5.41, 5.74) is 0.773. The SMILES string of the molecule is COC(=O)C(C(=O)OC)[C@H](C)[C@H](NC(=O)c1ccc(CP(=O)(OC)OC)cc1)C(=O)OC. The van der Waals surface area contributed by atoms with E-state index in [4.69, 9.17) is 13.8 Å². The van der Waals surface area contributed by atoms with E-state index in [9.17, 15) is 23.7 Å². The Morgan fingerprint density at radius 3 is 1.72 bits per heavy atom. The lowest BCUT2D eigenvalue weighted by atomic mass is 9.87. The average Bonchev–Trinajstić information content (AvgIpc) is 2.81. The van der Waals surface area contributed by atoms with E-state index in [0.29, 0.717) is 5.56 Å². The Balaban J connectivity index is 3.10. The topological polar surface area (TPSA) is 144 Å². The standard InChI is InChI=1S/C20H28NO10P/c1-12(15(18(23)27-2)19(24)28-3)16(20(25)29-4)21-17(22)14-9-7-13(8-10-14)11-32(26,30-5)31-6/h7-10,12,15-16H,11H2,1-6H3,(H,21,22)/t12-,16-/m0/s1. The second kappa shape index (κ2) is 12.3. The summed E-state index contributed by atoms with van der Waals surface area (Å²) in [5, 5.41) is 2.48. The molecule has 0 aliphatic rings. The van der Waals surface area contributed by atoms with Crippen molar-refractivity contribution < 1.29 is 47.0 Å². The van der Waals surface area contributed by atoms with E-state index in [1.165, 1.54) is 33.3 Å². The van der Waals surface area contributed by atoms with Crippen LogP contribution in [-0.4, -0.2) is 65.4 Å². The number of esters is 3. The number of nitrogens with one attached hydrogen (secondary N) is 1. The number of rotatable bonds is 11. The first-order valence-electron chi connectivity index (χ1n) is 9.41. The number of benzene rings is 1. The zero-order valence-corrected chi connectivity index (χ0v) is 19.7. The summed E-state index contributed by atoms with van der Waals surface area (Å²) in [6.07, 6.45) is 0.00363. The monoisotopic (exact) mass is 473 g/mol. The van der Waals surface area contributed by atoms with Crippen molar-refractivity contribution in [3.63, 3.8) is 0 Å². The van der Waals surface area contributed by atoms with Gasteiger partial charge in [-0.15, -0.1) is 0 Å². The van der Waals surface area contributed by atoms with Crippen LogP contribution >= 0.6 is 7.60 Å². The van der Waals surface area contributed by atoms with Gasteiger partial charge in [-0.05, 0) is 17.7 Å². The lowest BCUT2D eigenvalue weighted by Crippen LogP contribution is -2.51. The lowest BCUT2D eigenvalue weighted by molar-refractivity contribution is -0.163. The van der Waals surface area contributed by atoms with Crippen molar-refractivity contribution in [1.29, 1.82) is 0 Å². The van der Waals surface area contributed by atoms with Crippen molar-refractivity contribution in [2.45, 2.75) is 19.1 Å². The molecule has 32 heavy (non-hydrogen) atoms. The Morgan fingerprint density at radius 1 is 0.844 bits per heavy atom. The number of methoxy groups -OCH3 is 3. The zero-order valence-electron chi connectivity index (χ0n) is 18.8. The fourth-order valence-corrected chi connectivity index (χ4v) is 3.98. The number of amides is 1. The van der Waals surface area contributed by atoms with Gasteiger partial charge in [0.1, 0.15) is 6.04 Å². The molecular weight excluding hydrogens is 445 g/mol. The van der Waals surface area contributed by atoms with Crippen LogP contribution < -0.4 is 5.32 Å². The molecule has 0 unspecified atom stereocenters. The summed E-state index contributed by atoms with van der Waals surface area (Å²) >= 11 is 0. The number of hydrogen-bond acceptors (Lipinski definition) is 10. The van der Waals surface area contributed by atoms with Gasteiger partial charge >= 0.3 is 25.5 Å². The highest BCUT2D eigenvalue weighted by atomic mass is 31.2. The van der Waals surface area contributed by atoms with Gasteiger partial charge in [0.25, 0.3) is 5.91 Å². The van der Waals surface area contributed by atoms with E-state index in [1.807, 2.05) is 0 Å². The molecule has 1 N–H and O–H groups in total. The number of ether oxygens (including phenoxy) is 3. The van der Waals surface area contributed by atoms with Crippen LogP contribution in [0.5, 0.6) is 0 Å². The molecular formula is C20H28NO10P. The highest BCUT2D eigenvalue weighted by Crippen LogP contribution is 2.49. The summed E-state index contributed by atoms with van der Waals surface area (Å²) in [5.74, 6) is -5.86. The third-order valence-electron chi connectivity index (χ3n) is 4.85.